The van der Waals surface area contributed by atoms with Gasteiger partial charge in [0.1, 0.15) is 0 Å². The maximum Gasteiger partial charge on any atom is 0.225 e. The third-order valence-corrected chi connectivity index (χ3v) is 4.26. The predicted molar refractivity (Wildman–Crippen MR) is 78.4 cm³/mol. The summed E-state index contributed by atoms with van der Waals surface area (Å²) in [7, 11) is 0. The number of H-pyrrole nitrogens is 1. The number of carbonyl (C=O) groups is 1. The molecule has 2 aromatic rings. The van der Waals surface area contributed by atoms with Gasteiger partial charge < -0.3 is 15.4 Å². The molecule has 0 spiro atoms. The normalized spacial score (nSPS) is 17.9. The molecule has 0 saturated heterocycles. The number of hydrogen-bond donors (Lipinski definition) is 3. The molecule has 1 saturated carbocycles. The quantitative estimate of drug-likeness (QED) is 0.779. The molecule has 1 heterocycles. The fraction of sp³-hybridized carbons (Fsp3) is 0.438. The lowest BCUT2D eigenvalue weighted by molar-refractivity contribution is -0.123. The Morgan fingerprint density at radius 2 is 2.20 bits per heavy atom. The van der Waals surface area contributed by atoms with Crippen molar-refractivity contribution in [2.75, 3.05) is 6.61 Å². The number of fused-ring (bicyclic) bond motifs is 1. The van der Waals surface area contributed by atoms with E-state index in [0.717, 1.165) is 29.3 Å². The van der Waals surface area contributed by atoms with Crippen molar-refractivity contribution in [3.63, 3.8) is 0 Å². The lowest BCUT2D eigenvalue weighted by atomic mass is 9.96. The molecular formula is C16H20N2O2. The molecule has 1 amide bonds. The van der Waals surface area contributed by atoms with Gasteiger partial charge in [-0.05, 0) is 37.3 Å². The maximum absolute atomic E-state index is 12.2. The average molecular weight is 272 g/mol. The second-order valence-electron chi connectivity index (χ2n) is 5.93. The summed E-state index contributed by atoms with van der Waals surface area (Å²) in [4.78, 5) is 15.4. The zero-order chi connectivity index (χ0) is 14.2. The standard InChI is InChI=1S/C16H20N2O2/c1-16(10-19,12-6-7-12)18-15(20)8-11-9-17-14-5-3-2-4-13(11)14/h2-5,9,12,17,19H,6-8,10H2,1H3,(H,18,20). The summed E-state index contributed by atoms with van der Waals surface area (Å²) in [5.41, 5.74) is 1.57. The zero-order valence-corrected chi connectivity index (χ0v) is 11.6. The minimum absolute atomic E-state index is 0.00269. The van der Waals surface area contributed by atoms with Crippen LogP contribution in [-0.4, -0.2) is 28.1 Å². The van der Waals surface area contributed by atoms with Gasteiger partial charge in [-0.2, -0.15) is 0 Å². The Bertz CT molecular complexity index is 630. The summed E-state index contributed by atoms with van der Waals surface area (Å²) in [5.74, 6) is 0.387. The largest absolute Gasteiger partial charge is 0.394 e. The van der Waals surface area contributed by atoms with Crippen LogP contribution in [0.2, 0.25) is 0 Å². The summed E-state index contributed by atoms with van der Waals surface area (Å²) in [6.07, 6.45) is 4.40. The van der Waals surface area contributed by atoms with E-state index in [0.29, 0.717) is 12.3 Å². The van der Waals surface area contributed by atoms with Gasteiger partial charge in [0.15, 0.2) is 0 Å². The van der Waals surface area contributed by atoms with Gasteiger partial charge in [0.25, 0.3) is 0 Å². The number of carbonyl (C=O) groups excluding carboxylic acids is 1. The summed E-state index contributed by atoms with van der Waals surface area (Å²) in [6.45, 7) is 1.93. The number of para-hydroxylation sites is 1. The maximum atomic E-state index is 12.2. The van der Waals surface area contributed by atoms with Crippen molar-refractivity contribution in [3.8, 4) is 0 Å². The first kappa shape index (κ1) is 13.2. The molecule has 0 aliphatic heterocycles. The number of benzene rings is 1. The van der Waals surface area contributed by atoms with Crippen LogP contribution >= 0.6 is 0 Å². The third kappa shape index (κ3) is 2.43. The lowest BCUT2D eigenvalue weighted by Crippen LogP contribution is -2.51. The van der Waals surface area contributed by atoms with E-state index < -0.39 is 5.54 Å². The summed E-state index contributed by atoms with van der Waals surface area (Å²) >= 11 is 0. The van der Waals surface area contributed by atoms with Crippen LogP contribution in [0, 0.1) is 5.92 Å². The molecule has 1 unspecified atom stereocenters. The van der Waals surface area contributed by atoms with Gasteiger partial charge in [0.2, 0.25) is 5.91 Å². The predicted octanol–water partition coefficient (Wildman–Crippen LogP) is 1.99. The smallest absolute Gasteiger partial charge is 0.225 e. The molecule has 1 atom stereocenters. The van der Waals surface area contributed by atoms with Gasteiger partial charge in [-0.1, -0.05) is 18.2 Å². The van der Waals surface area contributed by atoms with Gasteiger partial charge in [0, 0.05) is 17.1 Å². The van der Waals surface area contributed by atoms with E-state index in [1.54, 1.807) is 0 Å². The number of rotatable bonds is 5. The number of aliphatic hydroxyl groups is 1. The molecule has 3 rings (SSSR count). The first-order valence-corrected chi connectivity index (χ1v) is 7.09. The number of amides is 1. The highest BCUT2D eigenvalue weighted by Gasteiger charge is 2.42. The van der Waals surface area contributed by atoms with Crippen LogP contribution in [0.15, 0.2) is 30.5 Å². The van der Waals surface area contributed by atoms with Crippen LogP contribution in [0.25, 0.3) is 10.9 Å². The van der Waals surface area contributed by atoms with Crippen LogP contribution in [0.1, 0.15) is 25.3 Å². The molecule has 1 aromatic carbocycles. The van der Waals surface area contributed by atoms with E-state index in [1.807, 2.05) is 37.4 Å². The van der Waals surface area contributed by atoms with Crippen molar-refractivity contribution >= 4 is 16.8 Å². The van der Waals surface area contributed by atoms with E-state index in [9.17, 15) is 9.90 Å². The Labute approximate surface area is 118 Å². The Morgan fingerprint density at radius 1 is 1.45 bits per heavy atom. The van der Waals surface area contributed by atoms with Crippen LogP contribution in [-0.2, 0) is 11.2 Å². The van der Waals surface area contributed by atoms with Gasteiger partial charge >= 0.3 is 0 Å². The van der Waals surface area contributed by atoms with E-state index in [-0.39, 0.29) is 12.5 Å². The SMILES string of the molecule is CC(CO)(NC(=O)Cc1c[nH]c2ccccc12)C1CC1. The Kier molecular flexibility index (Phi) is 3.26. The van der Waals surface area contributed by atoms with Crippen molar-refractivity contribution in [1.82, 2.24) is 10.3 Å². The van der Waals surface area contributed by atoms with Gasteiger partial charge in [0.05, 0.1) is 18.6 Å². The number of hydrogen-bond acceptors (Lipinski definition) is 2. The van der Waals surface area contributed by atoms with Gasteiger partial charge in [-0.25, -0.2) is 0 Å². The molecule has 4 nitrogen and oxygen atoms in total. The fourth-order valence-corrected chi connectivity index (χ4v) is 2.80. The molecule has 1 aliphatic rings. The molecule has 106 valence electrons. The summed E-state index contributed by atoms with van der Waals surface area (Å²) in [5, 5.41) is 13.6. The van der Waals surface area contributed by atoms with Gasteiger partial charge in [-0.15, -0.1) is 0 Å². The monoisotopic (exact) mass is 272 g/mol. The highest BCUT2D eigenvalue weighted by atomic mass is 16.3. The molecule has 1 fully saturated rings. The van der Waals surface area contributed by atoms with Crippen molar-refractivity contribution < 1.29 is 9.90 Å². The first-order valence-electron chi connectivity index (χ1n) is 7.09. The second-order valence-corrected chi connectivity index (χ2v) is 5.93. The van der Waals surface area contributed by atoms with E-state index in [1.165, 1.54) is 0 Å². The van der Waals surface area contributed by atoms with E-state index >= 15 is 0 Å². The van der Waals surface area contributed by atoms with Crippen LogP contribution in [0.4, 0.5) is 0 Å². The van der Waals surface area contributed by atoms with Crippen molar-refractivity contribution in [3.05, 3.63) is 36.0 Å². The van der Waals surface area contributed by atoms with Crippen molar-refractivity contribution in [1.29, 1.82) is 0 Å². The lowest BCUT2D eigenvalue weighted by Gasteiger charge is -2.28. The van der Waals surface area contributed by atoms with E-state index in [2.05, 4.69) is 10.3 Å². The molecule has 3 N–H and O–H groups in total. The molecule has 1 aliphatic carbocycles. The number of aliphatic hydroxyl groups excluding tert-OH is 1. The molecule has 1 aromatic heterocycles. The minimum Gasteiger partial charge on any atom is -0.394 e. The van der Waals surface area contributed by atoms with Crippen LogP contribution < -0.4 is 5.32 Å². The summed E-state index contributed by atoms with van der Waals surface area (Å²) in [6, 6.07) is 7.96. The molecule has 0 bridgehead atoms. The van der Waals surface area contributed by atoms with Crippen LogP contribution in [0.3, 0.4) is 0 Å². The molecular weight excluding hydrogens is 252 g/mol. The molecule has 4 heteroatoms. The van der Waals surface area contributed by atoms with Crippen molar-refractivity contribution in [2.24, 2.45) is 5.92 Å². The second kappa shape index (κ2) is 4.94. The Morgan fingerprint density at radius 3 is 2.90 bits per heavy atom. The highest BCUT2D eigenvalue weighted by molar-refractivity contribution is 5.89. The third-order valence-electron chi connectivity index (χ3n) is 4.26. The summed E-state index contributed by atoms with van der Waals surface area (Å²) < 4.78 is 0. The number of aromatic nitrogens is 1. The first-order chi connectivity index (χ1) is 9.62. The Balaban J connectivity index is 1.72. The van der Waals surface area contributed by atoms with E-state index in [4.69, 9.17) is 0 Å². The number of aromatic amines is 1. The van der Waals surface area contributed by atoms with Gasteiger partial charge in [-0.3, -0.25) is 4.79 Å². The zero-order valence-electron chi connectivity index (χ0n) is 11.6. The topological polar surface area (TPSA) is 65.1 Å². The van der Waals surface area contributed by atoms with Crippen molar-refractivity contribution in [2.45, 2.75) is 31.7 Å². The van der Waals surface area contributed by atoms with Crippen LogP contribution in [0.5, 0.6) is 0 Å². The number of nitrogens with one attached hydrogen (secondary N) is 2. The highest BCUT2D eigenvalue weighted by Crippen LogP contribution is 2.39. The minimum atomic E-state index is -0.469. The Hall–Kier alpha value is -1.81. The molecule has 20 heavy (non-hydrogen) atoms. The molecule has 0 radical (unpaired) electrons. The fourth-order valence-electron chi connectivity index (χ4n) is 2.80. The average Bonchev–Trinajstić information content (AvgIpc) is 3.23.